The first-order valence-electron chi connectivity index (χ1n) is 13.0. The SMILES string of the molecule is COc1ccc(CC(=O)NC(C)c2nc3ccccc3n2CCOc2cc(C)ccc2C(C)C)cc1OC. The van der Waals surface area contributed by atoms with Gasteiger partial charge in [-0.15, -0.1) is 0 Å². The van der Waals surface area contributed by atoms with Gasteiger partial charge in [0.05, 0.1) is 44.3 Å². The van der Waals surface area contributed by atoms with Crippen molar-refractivity contribution < 1.29 is 19.0 Å². The lowest BCUT2D eigenvalue weighted by Gasteiger charge is -2.18. The predicted molar refractivity (Wildman–Crippen MR) is 150 cm³/mol. The molecule has 0 fully saturated rings. The largest absolute Gasteiger partial charge is 0.493 e. The zero-order chi connectivity index (χ0) is 27.2. The number of amides is 1. The summed E-state index contributed by atoms with van der Waals surface area (Å²) in [5.74, 6) is 3.22. The molecule has 1 N–H and O–H groups in total. The van der Waals surface area contributed by atoms with E-state index in [1.807, 2.05) is 43.3 Å². The van der Waals surface area contributed by atoms with Gasteiger partial charge in [-0.05, 0) is 66.8 Å². The van der Waals surface area contributed by atoms with Crippen molar-refractivity contribution >= 4 is 16.9 Å². The second-order valence-electron chi connectivity index (χ2n) is 9.81. The monoisotopic (exact) mass is 515 g/mol. The summed E-state index contributed by atoms with van der Waals surface area (Å²) >= 11 is 0. The zero-order valence-electron chi connectivity index (χ0n) is 23.1. The van der Waals surface area contributed by atoms with Gasteiger partial charge in [0.2, 0.25) is 5.91 Å². The van der Waals surface area contributed by atoms with Crippen molar-refractivity contribution in [1.29, 1.82) is 0 Å². The fourth-order valence-electron chi connectivity index (χ4n) is 4.68. The van der Waals surface area contributed by atoms with E-state index in [2.05, 4.69) is 54.9 Å². The quantitative estimate of drug-likeness (QED) is 0.266. The lowest BCUT2D eigenvalue weighted by Crippen LogP contribution is -2.30. The number of aryl methyl sites for hydroxylation is 1. The Morgan fingerprint density at radius 2 is 1.71 bits per heavy atom. The molecule has 200 valence electrons. The summed E-state index contributed by atoms with van der Waals surface area (Å²) in [5, 5.41) is 3.12. The minimum atomic E-state index is -0.291. The van der Waals surface area contributed by atoms with Gasteiger partial charge in [0.25, 0.3) is 0 Å². The minimum absolute atomic E-state index is 0.0964. The van der Waals surface area contributed by atoms with Crippen LogP contribution in [-0.4, -0.2) is 36.3 Å². The molecule has 0 saturated carbocycles. The number of para-hydroxylation sites is 2. The van der Waals surface area contributed by atoms with E-state index in [4.69, 9.17) is 19.2 Å². The number of hydrogen-bond donors (Lipinski definition) is 1. The van der Waals surface area contributed by atoms with E-state index >= 15 is 0 Å². The highest BCUT2D eigenvalue weighted by atomic mass is 16.5. The second-order valence-corrected chi connectivity index (χ2v) is 9.81. The third-order valence-electron chi connectivity index (χ3n) is 6.63. The van der Waals surface area contributed by atoms with Gasteiger partial charge >= 0.3 is 0 Å². The van der Waals surface area contributed by atoms with E-state index in [1.54, 1.807) is 14.2 Å². The van der Waals surface area contributed by atoms with Crippen LogP contribution in [0, 0.1) is 6.92 Å². The van der Waals surface area contributed by atoms with Crippen molar-refractivity contribution in [2.45, 2.75) is 52.6 Å². The van der Waals surface area contributed by atoms with E-state index in [0.717, 1.165) is 28.2 Å². The molecule has 1 amide bonds. The molecule has 0 radical (unpaired) electrons. The molecule has 0 aliphatic heterocycles. The van der Waals surface area contributed by atoms with Crippen LogP contribution in [-0.2, 0) is 17.8 Å². The Morgan fingerprint density at radius 3 is 2.45 bits per heavy atom. The van der Waals surface area contributed by atoms with Crippen LogP contribution < -0.4 is 19.5 Å². The molecule has 1 atom stereocenters. The van der Waals surface area contributed by atoms with Gasteiger partial charge < -0.3 is 24.1 Å². The Kier molecular flexibility index (Phi) is 8.56. The van der Waals surface area contributed by atoms with Gasteiger partial charge in [0, 0.05) is 0 Å². The molecule has 3 aromatic carbocycles. The molecule has 7 nitrogen and oxygen atoms in total. The number of ether oxygens (including phenoxy) is 3. The lowest BCUT2D eigenvalue weighted by molar-refractivity contribution is -0.121. The fourth-order valence-corrected chi connectivity index (χ4v) is 4.68. The van der Waals surface area contributed by atoms with Gasteiger partial charge in [-0.25, -0.2) is 4.98 Å². The van der Waals surface area contributed by atoms with Crippen LogP contribution in [0.1, 0.15) is 55.2 Å². The Balaban J connectivity index is 1.50. The average Bonchev–Trinajstić information content (AvgIpc) is 3.27. The van der Waals surface area contributed by atoms with Gasteiger partial charge in [-0.1, -0.05) is 44.2 Å². The number of imidazole rings is 1. The van der Waals surface area contributed by atoms with E-state index in [0.29, 0.717) is 30.6 Å². The summed E-state index contributed by atoms with van der Waals surface area (Å²) < 4.78 is 19.1. The number of carbonyl (C=O) groups excluding carboxylic acids is 1. The van der Waals surface area contributed by atoms with Crippen molar-refractivity contribution in [2.75, 3.05) is 20.8 Å². The maximum absolute atomic E-state index is 13.0. The van der Waals surface area contributed by atoms with Crippen molar-refractivity contribution in [3.05, 3.63) is 83.2 Å². The van der Waals surface area contributed by atoms with Crippen LogP contribution in [0.25, 0.3) is 11.0 Å². The maximum Gasteiger partial charge on any atom is 0.224 e. The van der Waals surface area contributed by atoms with Crippen LogP contribution in [0.15, 0.2) is 60.7 Å². The number of benzene rings is 3. The van der Waals surface area contributed by atoms with Gasteiger partial charge in [0.1, 0.15) is 18.2 Å². The second kappa shape index (κ2) is 12.0. The van der Waals surface area contributed by atoms with E-state index in [1.165, 1.54) is 11.1 Å². The number of fused-ring (bicyclic) bond motifs is 1. The third-order valence-corrected chi connectivity index (χ3v) is 6.63. The molecule has 1 aromatic heterocycles. The standard InChI is InChI=1S/C31H37N3O4/c1-20(2)24-13-11-21(3)17-28(24)38-16-15-34-26-10-8-7-9-25(26)33-31(34)22(4)32-30(35)19-23-12-14-27(36-5)29(18-23)37-6/h7-14,17-18,20,22H,15-16,19H2,1-6H3,(H,32,35). The van der Waals surface area contributed by atoms with E-state index in [-0.39, 0.29) is 18.4 Å². The molecular weight excluding hydrogens is 478 g/mol. The summed E-state index contributed by atoms with van der Waals surface area (Å²) in [6, 6.07) is 19.6. The number of carbonyl (C=O) groups is 1. The molecule has 0 aliphatic carbocycles. The molecule has 38 heavy (non-hydrogen) atoms. The van der Waals surface area contributed by atoms with E-state index < -0.39 is 0 Å². The summed E-state index contributed by atoms with van der Waals surface area (Å²) in [4.78, 5) is 17.8. The van der Waals surface area contributed by atoms with Crippen molar-refractivity contribution in [3.63, 3.8) is 0 Å². The molecule has 0 saturated heterocycles. The average molecular weight is 516 g/mol. The van der Waals surface area contributed by atoms with Crippen LogP contribution in [0.3, 0.4) is 0 Å². The van der Waals surface area contributed by atoms with Gasteiger partial charge in [0.15, 0.2) is 11.5 Å². The molecule has 1 unspecified atom stereocenters. The van der Waals surface area contributed by atoms with Crippen LogP contribution in [0.5, 0.6) is 17.2 Å². The van der Waals surface area contributed by atoms with Crippen molar-refractivity contribution in [3.8, 4) is 17.2 Å². The first-order valence-corrected chi connectivity index (χ1v) is 13.0. The highest BCUT2D eigenvalue weighted by Gasteiger charge is 2.19. The normalized spacial score (nSPS) is 12.0. The molecular formula is C31H37N3O4. The molecule has 4 aromatic rings. The van der Waals surface area contributed by atoms with Crippen LogP contribution >= 0.6 is 0 Å². The number of rotatable bonds is 11. The molecule has 0 aliphatic rings. The van der Waals surface area contributed by atoms with Crippen molar-refractivity contribution in [2.24, 2.45) is 0 Å². The van der Waals surface area contributed by atoms with Gasteiger partial charge in [-0.3, -0.25) is 4.79 Å². The number of methoxy groups -OCH3 is 2. The van der Waals surface area contributed by atoms with E-state index in [9.17, 15) is 4.79 Å². The van der Waals surface area contributed by atoms with Crippen molar-refractivity contribution in [1.82, 2.24) is 14.9 Å². The Hall–Kier alpha value is -4.00. The minimum Gasteiger partial charge on any atom is -0.493 e. The summed E-state index contributed by atoms with van der Waals surface area (Å²) in [6.07, 6.45) is 0.222. The smallest absolute Gasteiger partial charge is 0.224 e. The predicted octanol–water partition coefficient (Wildman–Crippen LogP) is 5.98. The molecule has 0 spiro atoms. The lowest BCUT2D eigenvalue weighted by atomic mass is 10.0. The maximum atomic E-state index is 13.0. The number of aromatic nitrogens is 2. The summed E-state index contributed by atoms with van der Waals surface area (Å²) in [7, 11) is 3.17. The number of nitrogens with zero attached hydrogens (tertiary/aromatic N) is 2. The third kappa shape index (κ3) is 6.10. The molecule has 4 rings (SSSR count). The Bertz CT molecular complexity index is 1410. The Labute approximate surface area is 224 Å². The summed E-state index contributed by atoms with van der Waals surface area (Å²) in [5.41, 5.74) is 5.11. The molecule has 0 bridgehead atoms. The topological polar surface area (TPSA) is 74.6 Å². The Morgan fingerprint density at radius 1 is 0.947 bits per heavy atom. The summed E-state index contributed by atoms with van der Waals surface area (Å²) in [6.45, 7) is 9.48. The number of hydrogen-bond acceptors (Lipinski definition) is 5. The highest BCUT2D eigenvalue weighted by molar-refractivity contribution is 5.80. The number of nitrogens with one attached hydrogen (secondary N) is 1. The highest BCUT2D eigenvalue weighted by Crippen LogP contribution is 2.29. The van der Waals surface area contributed by atoms with Crippen LogP contribution in [0.2, 0.25) is 0 Å². The molecule has 7 heteroatoms. The molecule has 1 heterocycles. The first kappa shape index (κ1) is 27.0. The first-order chi connectivity index (χ1) is 18.3. The van der Waals surface area contributed by atoms with Gasteiger partial charge in [-0.2, -0.15) is 0 Å². The fraction of sp³-hybridized carbons (Fsp3) is 0.355. The zero-order valence-corrected chi connectivity index (χ0v) is 23.1. The van der Waals surface area contributed by atoms with Crippen LogP contribution in [0.4, 0.5) is 0 Å².